The van der Waals surface area contributed by atoms with Gasteiger partial charge in [0.1, 0.15) is 21.3 Å². The second-order valence-corrected chi connectivity index (χ2v) is 12.6. The van der Waals surface area contributed by atoms with Crippen LogP contribution in [-0.4, -0.2) is 54.7 Å². The number of anilines is 1. The zero-order chi connectivity index (χ0) is 28.0. The number of rotatable bonds is 7. The number of aromatic nitrogens is 4. The highest BCUT2D eigenvalue weighted by molar-refractivity contribution is 7.90. The highest BCUT2D eigenvalue weighted by atomic mass is 32.2. The lowest BCUT2D eigenvalue weighted by Crippen LogP contribution is -2.08. The van der Waals surface area contributed by atoms with Crippen molar-refractivity contribution in [2.45, 2.75) is 6.42 Å². The van der Waals surface area contributed by atoms with Gasteiger partial charge in [-0.2, -0.15) is 5.10 Å². The Labute approximate surface area is 231 Å². The maximum atomic E-state index is 14.6. The van der Waals surface area contributed by atoms with Gasteiger partial charge in [0.2, 0.25) is 0 Å². The molecule has 0 saturated carbocycles. The van der Waals surface area contributed by atoms with Crippen LogP contribution in [0, 0.1) is 5.82 Å². The molecule has 0 aliphatic rings. The summed E-state index contributed by atoms with van der Waals surface area (Å²) in [7, 11) is 0.820. The van der Waals surface area contributed by atoms with E-state index in [4.69, 9.17) is 0 Å². The zero-order valence-corrected chi connectivity index (χ0v) is 23.2. The molecule has 0 radical (unpaired) electrons. The molecule has 6 aromatic rings. The average molecular weight is 554 g/mol. The molecular formula is C31H28FN5O2S. The molecule has 0 amide bonds. The van der Waals surface area contributed by atoms with Gasteiger partial charge in [0, 0.05) is 48.4 Å². The van der Waals surface area contributed by atoms with Gasteiger partial charge in [0.25, 0.3) is 0 Å². The van der Waals surface area contributed by atoms with Gasteiger partial charge >= 0.3 is 0 Å². The lowest BCUT2D eigenvalue weighted by Gasteiger charge is -2.13. The number of pyridine rings is 1. The van der Waals surface area contributed by atoms with Gasteiger partial charge in [-0.1, -0.05) is 24.3 Å². The van der Waals surface area contributed by atoms with Crippen LogP contribution in [0.2, 0.25) is 0 Å². The third-order valence-electron chi connectivity index (χ3n) is 7.09. The molecule has 3 aromatic carbocycles. The van der Waals surface area contributed by atoms with Crippen LogP contribution in [0.1, 0.15) is 5.56 Å². The Morgan fingerprint density at radius 3 is 2.52 bits per heavy atom. The average Bonchev–Trinajstić information content (AvgIpc) is 3.55. The van der Waals surface area contributed by atoms with Crippen molar-refractivity contribution < 1.29 is 12.8 Å². The molecule has 0 fully saturated rings. The number of hydrogen-bond acceptors (Lipinski definition) is 5. The molecule has 2 N–H and O–H groups in total. The van der Waals surface area contributed by atoms with Crippen LogP contribution in [0.25, 0.3) is 55.4 Å². The molecule has 40 heavy (non-hydrogen) atoms. The summed E-state index contributed by atoms with van der Waals surface area (Å²) in [5.41, 5.74) is 8.68. The Kier molecular flexibility index (Phi) is 6.38. The summed E-state index contributed by atoms with van der Waals surface area (Å²) in [4.78, 5) is 9.91. The Morgan fingerprint density at radius 1 is 0.875 bits per heavy atom. The third kappa shape index (κ3) is 5.08. The molecule has 3 aromatic heterocycles. The monoisotopic (exact) mass is 553 g/mol. The largest absolute Gasteiger partial charge is 0.376 e. The fourth-order valence-electron chi connectivity index (χ4n) is 5.02. The second-order valence-electron chi connectivity index (χ2n) is 10.3. The lowest BCUT2D eigenvalue weighted by molar-refractivity contribution is 0.600. The summed E-state index contributed by atoms with van der Waals surface area (Å²) in [6.45, 7) is 0. The van der Waals surface area contributed by atoms with Crippen LogP contribution in [0.5, 0.6) is 0 Å². The number of halogens is 1. The van der Waals surface area contributed by atoms with Crippen LogP contribution < -0.4 is 4.90 Å². The van der Waals surface area contributed by atoms with E-state index in [0.29, 0.717) is 11.1 Å². The van der Waals surface area contributed by atoms with Crippen molar-refractivity contribution in [1.82, 2.24) is 20.2 Å². The van der Waals surface area contributed by atoms with E-state index >= 15 is 0 Å². The Balaban J connectivity index is 1.42. The van der Waals surface area contributed by atoms with Crippen molar-refractivity contribution in [1.29, 1.82) is 0 Å². The van der Waals surface area contributed by atoms with Crippen molar-refractivity contribution in [3.8, 4) is 33.6 Å². The lowest BCUT2D eigenvalue weighted by atomic mass is 9.98. The Bertz CT molecular complexity index is 1990. The summed E-state index contributed by atoms with van der Waals surface area (Å²) in [5, 5.41) is 9.65. The standard InChI is InChI=1S/C31H28FN5O2S/c1-37(2)24-14-22(17-33-18-24)20-7-8-29-27(15-20)31(36-35-29)30-16-26-25(5-4-6-28(26)34-30)21-11-19(12-23(32)13-21)9-10-40(3,38)39/h4-8,11-18,34H,9-10H2,1-3H3,(H,35,36). The predicted molar refractivity (Wildman–Crippen MR) is 160 cm³/mol. The van der Waals surface area contributed by atoms with Crippen LogP contribution in [0.15, 0.2) is 79.1 Å². The van der Waals surface area contributed by atoms with Crippen LogP contribution >= 0.6 is 0 Å². The van der Waals surface area contributed by atoms with Gasteiger partial charge in [0.05, 0.1) is 28.8 Å². The number of aryl methyl sites for hydroxylation is 1. The minimum Gasteiger partial charge on any atom is -0.376 e. The molecule has 0 bridgehead atoms. The van der Waals surface area contributed by atoms with Gasteiger partial charge in [-0.15, -0.1) is 0 Å². The van der Waals surface area contributed by atoms with Crippen molar-refractivity contribution >= 4 is 37.3 Å². The first-order valence-electron chi connectivity index (χ1n) is 12.9. The zero-order valence-electron chi connectivity index (χ0n) is 22.4. The highest BCUT2D eigenvalue weighted by Gasteiger charge is 2.16. The fraction of sp³-hybridized carbons (Fsp3) is 0.161. The first-order valence-corrected chi connectivity index (χ1v) is 14.9. The number of sulfone groups is 1. The first-order chi connectivity index (χ1) is 19.1. The van der Waals surface area contributed by atoms with E-state index in [1.165, 1.54) is 18.4 Å². The summed E-state index contributed by atoms with van der Waals surface area (Å²) in [5.74, 6) is -0.426. The molecule has 0 spiro atoms. The second kappa shape index (κ2) is 9.91. The van der Waals surface area contributed by atoms with E-state index in [0.717, 1.165) is 55.6 Å². The van der Waals surface area contributed by atoms with E-state index in [1.54, 1.807) is 0 Å². The van der Waals surface area contributed by atoms with E-state index in [9.17, 15) is 12.8 Å². The first kappa shape index (κ1) is 25.8. The smallest absolute Gasteiger partial charge is 0.147 e. The molecule has 7 nitrogen and oxygen atoms in total. The van der Waals surface area contributed by atoms with E-state index in [-0.39, 0.29) is 12.2 Å². The van der Waals surface area contributed by atoms with Crippen molar-refractivity contribution in [2.75, 3.05) is 31.0 Å². The van der Waals surface area contributed by atoms with Gasteiger partial charge in [-0.05, 0) is 71.1 Å². The number of nitrogens with one attached hydrogen (secondary N) is 2. The maximum absolute atomic E-state index is 14.6. The number of H-pyrrole nitrogens is 2. The van der Waals surface area contributed by atoms with Crippen LogP contribution in [0.4, 0.5) is 10.1 Å². The fourth-order valence-corrected chi connectivity index (χ4v) is 5.62. The predicted octanol–water partition coefficient (Wildman–Crippen LogP) is 6.23. The number of aromatic amines is 2. The van der Waals surface area contributed by atoms with Crippen LogP contribution in [0.3, 0.4) is 0 Å². The molecule has 202 valence electrons. The molecule has 0 atom stereocenters. The van der Waals surface area contributed by atoms with Gasteiger partial charge < -0.3 is 9.88 Å². The number of hydrogen-bond donors (Lipinski definition) is 2. The number of fused-ring (bicyclic) bond motifs is 2. The van der Waals surface area contributed by atoms with E-state index < -0.39 is 15.7 Å². The molecular weight excluding hydrogens is 525 g/mol. The van der Waals surface area contributed by atoms with Crippen molar-refractivity contribution in [2.24, 2.45) is 0 Å². The molecule has 6 rings (SSSR count). The minimum atomic E-state index is -3.16. The van der Waals surface area contributed by atoms with Crippen molar-refractivity contribution in [3.63, 3.8) is 0 Å². The SMILES string of the molecule is CN(C)c1cncc(-c2ccc3[nH]nc(-c4cc5c(-c6cc(F)cc(CCS(C)(=O)=O)c6)cccc5[nH]4)c3c2)c1. The Hall–Kier alpha value is -4.50. The summed E-state index contributed by atoms with van der Waals surface area (Å²) in [6.07, 6.45) is 5.13. The Morgan fingerprint density at radius 2 is 1.73 bits per heavy atom. The topological polar surface area (TPSA) is 94.7 Å². The number of nitrogens with zero attached hydrogens (tertiary/aromatic N) is 3. The molecule has 0 unspecified atom stereocenters. The number of benzene rings is 3. The summed E-state index contributed by atoms with van der Waals surface area (Å²) < 4.78 is 37.9. The third-order valence-corrected chi connectivity index (χ3v) is 8.03. The maximum Gasteiger partial charge on any atom is 0.147 e. The minimum absolute atomic E-state index is 0.0296. The summed E-state index contributed by atoms with van der Waals surface area (Å²) in [6, 6.07) is 20.9. The normalized spacial score (nSPS) is 11.9. The van der Waals surface area contributed by atoms with Crippen molar-refractivity contribution in [3.05, 3.63) is 90.5 Å². The van der Waals surface area contributed by atoms with Gasteiger partial charge in [-0.3, -0.25) is 10.1 Å². The molecule has 9 heteroatoms. The highest BCUT2D eigenvalue weighted by Crippen LogP contribution is 2.36. The quantitative estimate of drug-likeness (QED) is 0.244. The molecule has 0 saturated heterocycles. The summed E-state index contributed by atoms with van der Waals surface area (Å²) >= 11 is 0. The van der Waals surface area contributed by atoms with Crippen LogP contribution in [-0.2, 0) is 16.3 Å². The van der Waals surface area contributed by atoms with Gasteiger partial charge in [0.15, 0.2) is 0 Å². The molecule has 0 aliphatic carbocycles. The molecule has 3 heterocycles. The van der Waals surface area contributed by atoms with E-state index in [1.807, 2.05) is 67.8 Å². The molecule has 0 aliphatic heterocycles. The van der Waals surface area contributed by atoms with E-state index in [2.05, 4.69) is 38.4 Å². The van der Waals surface area contributed by atoms with Gasteiger partial charge in [-0.25, -0.2) is 12.8 Å².